The summed E-state index contributed by atoms with van der Waals surface area (Å²) in [6, 6.07) is 3.70. The number of hydrogen-bond acceptors (Lipinski definition) is 5. The van der Waals surface area contributed by atoms with Crippen LogP contribution >= 0.6 is 11.5 Å². The first kappa shape index (κ1) is 11.9. The molecule has 0 bridgehead atoms. The van der Waals surface area contributed by atoms with Crippen molar-refractivity contribution in [2.45, 2.75) is 26.2 Å². The highest BCUT2D eigenvalue weighted by Crippen LogP contribution is 2.21. The van der Waals surface area contributed by atoms with E-state index in [0.717, 1.165) is 11.3 Å². The molecule has 2 aromatic rings. The van der Waals surface area contributed by atoms with Crippen LogP contribution in [-0.4, -0.2) is 20.4 Å². The Balaban J connectivity index is 2.18. The fraction of sp³-hybridized carbons (Fsp3) is 0.333. The molecule has 0 saturated heterocycles. The van der Waals surface area contributed by atoms with Gasteiger partial charge in [0.15, 0.2) is 5.78 Å². The summed E-state index contributed by atoms with van der Waals surface area (Å²) in [5.41, 5.74) is 1.77. The summed E-state index contributed by atoms with van der Waals surface area (Å²) in [4.78, 5) is 16.7. The number of carbonyl (C=O) groups is 1. The summed E-state index contributed by atoms with van der Waals surface area (Å²) in [5, 5.41) is 4.01. The molecule has 2 rings (SSSR count). The van der Waals surface area contributed by atoms with Crippen LogP contribution < -0.4 is 0 Å². The highest BCUT2D eigenvalue weighted by molar-refractivity contribution is 7.08. The lowest BCUT2D eigenvalue weighted by Gasteiger charge is -2.03. The average Bonchev–Trinajstić information content (AvgIpc) is 2.79. The van der Waals surface area contributed by atoms with Crippen LogP contribution in [-0.2, 0) is 6.42 Å². The number of nitrogens with zero attached hydrogens (tertiary/aromatic N) is 3. The lowest BCUT2D eigenvalue weighted by atomic mass is 10.0. The number of pyridine rings is 1. The predicted octanol–water partition coefficient (Wildman–Crippen LogP) is 2.48. The monoisotopic (exact) mass is 247 g/mol. The maximum absolute atomic E-state index is 12.1. The molecule has 0 amide bonds. The van der Waals surface area contributed by atoms with Gasteiger partial charge in [-0.1, -0.05) is 18.3 Å². The second-order valence-corrected chi connectivity index (χ2v) is 4.85. The first-order valence-corrected chi connectivity index (χ1v) is 6.20. The standard InChI is InChI=1S/C12H13N3OS/c1-8(2)11-12(17-15-14-11)10(16)7-9-3-5-13-6-4-9/h3-6,8H,7H2,1-2H3. The number of Topliss-reactive ketones (excluding diaryl/α,β-unsaturated/α-hetero) is 1. The molecular formula is C12H13N3OS. The number of rotatable bonds is 4. The van der Waals surface area contributed by atoms with Crippen LogP contribution in [0.15, 0.2) is 24.5 Å². The summed E-state index contributed by atoms with van der Waals surface area (Å²) in [6.45, 7) is 4.03. The maximum Gasteiger partial charge on any atom is 0.180 e. The summed E-state index contributed by atoms with van der Waals surface area (Å²) >= 11 is 1.18. The quantitative estimate of drug-likeness (QED) is 0.779. The zero-order valence-corrected chi connectivity index (χ0v) is 10.6. The predicted molar refractivity (Wildman–Crippen MR) is 66.3 cm³/mol. The summed E-state index contributed by atoms with van der Waals surface area (Å²) < 4.78 is 3.86. The van der Waals surface area contributed by atoms with Crippen LogP contribution in [0.25, 0.3) is 0 Å². The molecule has 0 aliphatic rings. The van der Waals surface area contributed by atoms with Gasteiger partial charge in [0.1, 0.15) is 4.88 Å². The van der Waals surface area contributed by atoms with Crippen molar-refractivity contribution in [3.05, 3.63) is 40.7 Å². The molecule has 0 unspecified atom stereocenters. The van der Waals surface area contributed by atoms with Gasteiger partial charge in [-0.25, -0.2) is 0 Å². The van der Waals surface area contributed by atoms with E-state index in [0.29, 0.717) is 11.3 Å². The van der Waals surface area contributed by atoms with E-state index in [4.69, 9.17) is 0 Å². The van der Waals surface area contributed by atoms with E-state index in [1.54, 1.807) is 12.4 Å². The van der Waals surface area contributed by atoms with Gasteiger partial charge >= 0.3 is 0 Å². The zero-order chi connectivity index (χ0) is 12.3. The lowest BCUT2D eigenvalue weighted by Crippen LogP contribution is -2.05. The van der Waals surface area contributed by atoms with Crippen molar-refractivity contribution in [1.82, 2.24) is 14.6 Å². The number of ketones is 1. The van der Waals surface area contributed by atoms with Gasteiger partial charge < -0.3 is 0 Å². The minimum Gasteiger partial charge on any atom is -0.293 e. The molecule has 4 nitrogen and oxygen atoms in total. The van der Waals surface area contributed by atoms with Crippen molar-refractivity contribution in [3.63, 3.8) is 0 Å². The van der Waals surface area contributed by atoms with Crippen molar-refractivity contribution < 1.29 is 4.79 Å². The molecule has 0 atom stereocenters. The lowest BCUT2D eigenvalue weighted by molar-refractivity contribution is 0.0995. The molecule has 17 heavy (non-hydrogen) atoms. The second kappa shape index (κ2) is 5.14. The van der Waals surface area contributed by atoms with E-state index >= 15 is 0 Å². The van der Waals surface area contributed by atoms with Gasteiger partial charge in [-0.15, -0.1) is 5.10 Å². The van der Waals surface area contributed by atoms with Crippen molar-refractivity contribution in [3.8, 4) is 0 Å². The smallest absolute Gasteiger partial charge is 0.180 e. The Morgan fingerprint density at radius 1 is 1.35 bits per heavy atom. The fourth-order valence-corrected chi connectivity index (χ4v) is 2.29. The largest absolute Gasteiger partial charge is 0.293 e. The first-order valence-electron chi connectivity index (χ1n) is 5.43. The molecule has 0 saturated carbocycles. The highest BCUT2D eigenvalue weighted by Gasteiger charge is 2.18. The van der Waals surface area contributed by atoms with Crippen LogP contribution in [0, 0.1) is 0 Å². The van der Waals surface area contributed by atoms with Crippen LogP contribution in [0.5, 0.6) is 0 Å². The third-order valence-corrected chi connectivity index (χ3v) is 3.21. The Bertz CT molecular complexity index is 507. The highest BCUT2D eigenvalue weighted by atomic mass is 32.1. The molecule has 88 valence electrons. The normalized spacial score (nSPS) is 10.8. The molecule has 5 heteroatoms. The van der Waals surface area contributed by atoms with Gasteiger partial charge in [-0.05, 0) is 35.1 Å². The van der Waals surface area contributed by atoms with Gasteiger partial charge in [0.25, 0.3) is 0 Å². The summed E-state index contributed by atoms with van der Waals surface area (Å²) in [7, 11) is 0. The Morgan fingerprint density at radius 3 is 2.71 bits per heavy atom. The van der Waals surface area contributed by atoms with Gasteiger partial charge in [0.2, 0.25) is 0 Å². The van der Waals surface area contributed by atoms with E-state index in [2.05, 4.69) is 14.6 Å². The molecule has 0 aromatic carbocycles. The van der Waals surface area contributed by atoms with E-state index < -0.39 is 0 Å². The van der Waals surface area contributed by atoms with E-state index in [-0.39, 0.29) is 11.7 Å². The van der Waals surface area contributed by atoms with E-state index in [1.165, 1.54) is 11.5 Å². The minimum atomic E-state index is 0.0786. The van der Waals surface area contributed by atoms with E-state index in [9.17, 15) is 4.79 Å². The maximum atomic E-state index is 12.1. The summed E-state index contributed by atoms with van der Waals surface area (Å²) in [6.07, 6.45) is 3.76. The Morgan fingerprint density at radius 2 is 2.06 bits per heavy atom. The molecule has 0 aliphatic carbocycles. The van der Waals surface area contributed by atoms with Crippen molar-refractivity contribution in [2.24, 2.45) is 0 Å². The number of hydrogen-bond donors (Lipinski definition) is 0. The van der Waals surface area contributed by atoms with Gasteiger partial charge in [0.05, 0.1) is 5.69 Å². The first-order chi connectivity index (χ1) is 8.18. The van der Waals surface area contributed by atoms with Crippen molar-refractivity contribution in [2.75, 3.05) is 0 Å². The molecule has 0 radical (unpaired) electrons. The third-order valence-electron chi connectivity index (χ3n) is 2.43. The number of carbonyl (C=O) groups excluding carboxylic acids is 1. The molecule has 2 aromatic heterocycles. The second-order valence-electron chi connectivity index (χ2n) is 4.10. The van der Waals surface area contributed by atoms with Crippen molar-refractivity contribution in [1.29, 1.82) is 0 Å². The van der Waals surface area contributed by atoms with Crippen LogP contribution in [0.1, 0.15) is 40.7 Å². The zero-order valence-electron chi connectivity index (χ0n) is 9.75. The average molecular weight is 247 g/mol. The van der Waals surface area contributed by atoms with Crippen LogP contribution in [0.2, 0.25) is 0 Å². The number of aromatic nitrogens is 3. The molecule has 2 heterocycles. The Kier molecular flexibility index (Phi) is 3.58. The minimum absolute atomic E-state index is 0.0786. The van der Waals surface area contributed by atoms with E-state index in [1.807, 2.05) is 26.0 Å². The molecule has 0 fully saturated rings. The molecule has 0 N–H and O–H groups in total. The Labute approximate surface area is 104 Å². The Hall–Kier alpha value is -1.62. The van der Waals surface area contributed by atoms with Gasteiger partial charge in [0, 0.05) is 18.8 Å². The van der Waals surface area contributed by atoms with Crippen LogP contribution in [0.3, 0.4) is 0 Å². The van der Waals surface area contributed by atoms with Gasteiger partial charge in [-0.2, -0.15) is 0 Å². The topological polar surface area (TPSA) is 55.7 Å². The molecule has 0 spiro atoms. The van der Waals surface area contributed by atoms with Crippen molar-refractivity contribution >= 4 is 17.3 Å². The molecule has 0 aliphatic heterocycles. The SMILES string of the molecule is CC(C)c1nnsc1C(=O)Cc1ccncc1. The van der Waals surface area contributed by atoms with Gasteiger partial charge in [-0.3, -0.25) is 9.78 Å². The molecular weight excluding hydrogens is 234 g/mol. The summed E-state index contributed by atoms with van der Waals surface area (Å²) in [5.74, 6) is 0.306. The third kappa shape index (κ3) is 2.74. The van der Waals surface area contributed by atoms with Crippen LogP contribution in [0.4, 0.5) is 0 Å². The fourth-order valence-electron chi connectivity index (χ4n) is 1.54.